The van der Waals surface area contributed by atoms with Crippen molar-refractivity contribution in [3.8, 4) is 11.3 Å². The summed E-state index contributed by atoms with van der Waals surface area (Å²) >= 11 is 0. The number of likely N-dealkylation sites (tertiary alicyclic amines) is 1. The molecule has 1 aromatic carbocycles. The third kappa shape index (κ3) is 3.43. The fourth-order valence-electron chi connectivity index (χ4n) is 2.86. The van der Waals surface area contributed by atoms with Crippen LogP contribution >= 0.6 is 0 Å². The van der Waals surface area contributed by atoms with E-state index in [2.05, 4.69) is 4.98 Å². The lowest BCUT2D eigenvalue weighted by Crippen LogP contribution is -2.23. The second-order valence-corrected chi connectivity index (χ2v) is 5.82. The van der Waals surface area contributed by atoms with Crippen LogP contribution in [0.3, 0.4) is 0 Å². The molecule has 0 radical (unpaired) electrons. The maximum atomic E-state index is 12.9. The van der Waals surface area contributed by atoms with Crippen LogP contribution in [0, 0.1) is 0 Å². The molecule has 1 aliphatic rings. The summed E-state index contributed by atoms with van der Waals surface area (Å²) in [5.41, 5.74) is 2.19. The Kier molecular flexibility index (Phi) is 4.85. The molecule has 0 unspecified atom stereocenters. The summed E-state index contributed by atoms with van der Waals surface area (Å²) in [7, 11) is 0. The molecule has 126 valence electrons. The summed E-state index contributed by atoms with van der Waals surface area (Å²) in [6, 6.07) is 9.99. The number of hydrogen-bond acceptors (Lipinski definition) is 3. The zero-order valence-electron chi connectivity index (χ0n) is 13.1. The second-order valence-electron chi connectivity index (χ2n) is 5.82. The molecular formula is C18H18F2N2O2. The van der Waals surface area contributed by atoms with Gasteiger partial charge in [0.15, 0.2) is 0 Å². The molecule has 24 heavy (non-hydrogen) atoms. The summed E-state index contributed by atoms with van der Waals surface area (Å²) in [5.74, 6) is 0.160. The van der Waals surface area contributed by atoms with Gasteiger partial charge in [0.1, 0.15) is 5.69 Å². The zero-order chi connectivity index (χ0) is 17.1. The van der Waals surface area contributed by atoms with Crippen molar-refractivity contribution < 1.29 is 18.7 Å². The van der Waals surface area contributed by atoms with E-state index < -0.39 is 6.43 Å². The number of amides is 1. The van der Waals surface area contributed by atoms with Crippen LogP contribution < -0.4 is 0 Å². The van der Waals surface area contributed by atoms with E-state index in [0.29, 0.717) is 29.8 Å². The molecule has 1 aliphatic heterocycles. The van der Waals surface area contributed by atoms with E-state index in [0.717, 1.165) is 18.5 Å². The minimum atomic E-state index is -2.66. The lowest BCUT2D eigenvalue weighted by atomic mass is 10.0. The van der Waals surface area contributed by atoms with Gasteiger partial charge in [-0.1, -0.05) is 30.3 Å². The first-order chi connectivity index (χ1) is 11.6. The normalized spacial score (nSPS) is 14.7. The van der Waals surface area contributed by atoms with Gasteiger partial charge < -0.3 is 10.0 Å². The Bertz CT molecular complexity index is 732. The number of halogens is 2. The van der Waals surface area contributed by atoms with Crippen molar-refractivity contribution in [2.24, 2.45) is 0 Å². The van der Waals surface area contributed by atoms with E-state index in [1.807, 2.05) is 17.0 Å². The van der Waals surface area contributed by atoms with Crippen molar-refractivity contribution in [3.63, 3.8) is 0 Å². The third-order valence-corrected chi connectivity index (χ3v) is 4.17. The van der Waals surface area contributed by atoms with Crippen molar-refractivity contribution in [1.29, 1.82) is 0 Å². The smallest absolute Gasteiger partial charge is 0.280 e. The molecule has 1 amide bonds. The van der Waals surface area contributed by atoms with Crippen LogP contribution in [0.2, 0.25) is 0 Å². The number of hydrogen-bond donors (Lipinski definition) is 1. The Morgan fingerprint density at radius 3 is 2.50 bits per heavy atom. The summed E-state index contributed by atoms with van der Waals surface area (Å²) < 4.78 is 25.7. The number of alkyl halides is 2. The van der Waals surface area contributed by atoms with E-state index in [1.165, 1.54) is 12.1 Å². The van der Waals surface area contributed by atoms with Gasteiger partial charge in [0.25, 0.3) is 6.43 Å². The minimum absolute atomic E-state index is 0.160. The van der Waals surface area contributed by atoms with Crippen LogP contribution in [0.25, 0.3) is 11.3 Å². The number of aliphatic hydroxyl groups is 1. The first kappa shape index (κ1) is 16.5. The highest BCUT2D eigenvalue weighted by atomic mass is 19.3. The maximum absolute atomic E-state index is 12.9. The molecule has 1 aromatic heterocycles. The van der Waals surface area contributed by atoms with Crippen molar-refractivity contribution in [3.05, 3.63) is 53.2 Å². The molecule has 0 aliphatic carbocycles. The largest absolute Gasteiger partial charge is 0.392 e. The Morgan fingerprint density at radius 1 is 1.17 bits per heavy atom. The highest BCUT2D eigenvalue weighted by Crippen LogP contribution is 2.26. The molecule has 0 bridgehead atoms. The van der Waals surface area contributed by atoms with Gasteiger partial charge >= 0.3 is 0 Å². The number of carbonyl (C=O) groups excluding carboxylic acids is 1. The van der Waals surface area contributed by atoms with E-state index in [1.54, 1.807) is 12.1 Å². The van der Waals surface area contributed by atoms with Gasteiger partial charge in [-0.15, -0.1) is 0 Å². The van der Waals surface area contributed by atoms with Crippen molar-refractivity contribution >= 4 is 5.91 Å². The first-order valence-electron chi connectivity index (χ1n) is 7.84. The summed E-state index contributed by atoms with van der Waals surface area (Å²) in [6.45, 7) is 1.06. The quantitative estimate of drug-likeness (QED) is 0.914. The molecule has 0 saturated carbocycles. The lowest BCUT2D eigenvalue weighted by Gasteiger charge is -2.16. The predicted molar refractivity (Wildman–Crippen MR) is 85.2 cm³/mol. The first-order valence-corrected chi connectivity index (χ1v) is 7.84. The van der Waals surface area contributed by atoms with Crippen LogP contribution in [0.1, 0.15) is 36.1 Å². The summed E-state index contributed by atoms with van der Waals surface area (Å²) in [6.07, 6.45) is -1.17. The van der Waals surface area contributed by atoms with Crippen LogP contribution in [0.5, 0.6) is 0 Å². The fourth-order valence-corrected chi connectivity index (χ4v) is 2.86. The number of aliphatic hydroxyl groups excluding tert-OH is 1. The Balaban J connectivity index is 1.84. The molecule has 3 rings (SSSR count). The molecule has 2 heterocycles. The molecule has 0 atom stereocenters. The predicted octanol–water partition coefficient (Wildman–Crippen LogP) is 3.30. The third-order valence-electron chi connectivity index (χ3n) is 4.17. The fraction of sp³-hybridized carbons (Fsp3) is 0.333. The van der Waals surface area contributed by atoms with E-state index in [4.69, 9.17) is 0 Å². The molecule has 1 fully saturated rings. The average molecular weight is 332 g/mol. The summed E-state index contributed by atoms with van der Waals surface area (Å²) in [5, 5.41) is 9.41. The maximum Gasteiger partial charge on any atom is 0.280 e. The highest BCUT2D eigenvalue weighted by molar-refractivity contribution is 5.78. The molecular weight excluding hydrogens is 314 g/mol. The van der Waals surface area contributed by atoms with E-state index >= 15 is 0 Å². The van der Waals surface area contributed by atoms with Crippen molar-refractivity contribution in [2.75, 3.05) is 6.54 Å². The Hall–Kier alpha value is -2.34. The van der Waals surface area contributed by atoms with Gasteiger partial charge in [-0.25, -0.2) is 13.8 Å². The van der Waals surface area contributed by atoms with Gasteiger partial charge in [0.05, 0.1) is 12.3 Å². The molecule has 1 N–H and O–H groups in total. The number of aromatic nitrogens is 1. The van der Waals surface area contributed by atoms with Crippen molar-refractivity contribution in [2.45, 2.75) is 32.4 Å². The lowest BCUT2D eigenvalue weighted by molar-refractivity contribution is -0.128. The number of pyridine rings is 1. The highest BCUT2D eigenvalue weighted by Gasteiger charge is 2.20. The van der Waals surface area contributed by atoms with Gasteiger partial charge in [-0.05, 0) is 18.1 Å². The van der Waals surface area contributed by atoms with Crippen LogP contribution in [-0.4, -0.2) is 27.4 Å². The molecule has 4 nitrogen and oxygen atoms in total. The molecule has 1 saturated heterocycles. The van der Waals surface area contributed by atoms with Crippen LogP contribution in [0.15, 0.2) is 36.4 Å². The van der Waals surface area contributed by atoms with E-state index in [9.17, 15) is 18.7 Å². The topological polar surface area (TPSA) is 53.4 Å². The standard InChI is InChI=1S/C18H18F2N2O2/c19-18(20)15-8-7-14(11-23)17(21-15)13-5-3-12(4-6-13)10-22-9-1-2-16(22)24/h3-8,18,23H,1-2,9-11H2. The molecule has 6 heteroatoms. The average Bonchev–Trinajstić information content (AvgIpc) is 3.00. The SMILES string of the molecule is O=C1CCCN1Cc1ccc(-c2nc(C(F)F)ccc2CO)cc1. The zero-order valence-corrected chi connectivity index (χ0v) is 13.1. The molecule has 2 aromatic rings. The van der Waals surface area contributed by atoms with Crippen LogP contribution in [-0.2, 0) is 17.9 Å². The minimum Gasteiger partial charge on any atom is -0.392 e. The van der Waals surface area contributed by atoms with Crippen LogP contribution in [0.4, 0.5) is 8.78 Å². The van der Waals surface area contributed by atoms with Gasteiger partial charge in [-0.3, -0.25) is 4.79 Å². The molecule has 0 spiro atoms. The van der Waals surface area contributed by atoms with E-state index in [-0.39, 0.29) is 18.2 Å². The monoisotopic (exact) mass is 332 g/mol. The van der Waals surface area contributed by atoms with Gasteiger partial charge in [0, 0.05) is 30.6 Å². The Labute approximate surface area is 138 Å². The number of carbonyl (C=O) groups is 1. The number of rotatable bonds is 5. The summed E-state index contributed by atoms with van der Waals surface area (Å²) in [4.78, 5) is 17.5. The Morgan fingerprint density at radius 2 is 1.92 bits per heavy atom. The van der Waals surface area contributed by atoms with Gasteiger partial charge in [-0.2, -0.15) is 0 Å². The van der Waals surface area contributed by atoms with Crippen molar-refractivity contribution in [1.82, 2.24) is 9.88 Å². The number of nitrogens with zero attached hydrogens (tertiary/aromatic N) is 2. The second kappa shape index (κ2) is 7.05. The van der Waals surface area contributed by atoms with Gasteiger partial charge in [0.2, 0.25) is 5.91 Å². The number of benzene rings is 1.